The van der Waals surface area contributed by atoms with Crippen LogP contribution in [0.3, 0.4) is 0 Å². The van der Waals surface area contributed by atoms with E-state index in [2.05, 4.69) is 4.74 Å². The number of carbonyl (C=O) groups excluding carboxylic acids is 3. The maximum Gasteiger partial charge on any atom is 0.306 e. The number of aryl methyl sites for hydroxylation is 1. The minimum atomic E-state index is -0.526. The number of nitrogens with zero attached hydrogens (tertiary/aromatic N) is 1. The molecule has 0 saturated carbocycles. The quantitative estimate of drug-likeness (QED) is 0.776. The highest BCUT2D eigenvalue weighted by Gasteiger charge is 2.44. The zero-order valence-electron chi connectivity index (χ0n) is 15.6. The van der Waals surface area contributed by atoms with E-state index in [4.69, 9.17) is 4.74 Å². The van der Waals surface area contributed by atoms with Crippen molar-refractivity contribution in [2.45, 2.75) is 51.6 Å². The van der Waals surface area contributed by atoms with E-state index >= 15 is 0 Å². The molecule has 2 aliphatic rings. The Morgan fingerprint density at radius 2 is 1.88 bits per heavy atom. The van der Waals surface area contributed by atoms with Gasteiger partial charge >= 0.3 is 5.97 Å². The lowest BCUT2D eigenvalue weighted by atomic mass is 9.81. The Morgan fingerprint density at radius 3 is 2.54 bits per heavy atom. The van der Waals surface area contributed by atoms with Gasteiger partial charge in [-0.15, -0.1) is 0 Å². The lowest BCUT2D eigenvalue weighted by Crippen LogP contribution is -2.52. The fourth-order valence-electron chi connectivity index (χ4n) is 3.69. The Morgan fingerprint density at radius 1 is 1.19 bits per heavy atom. The highest BCUT2D eigenvalue weighted by Crippen LogP contribution is 2.41. The van der Waals surface area contributed by atoms with Crippen LogP contribution in [-0.2, 0) is 14.3 Å². The maximum atomic E-state index is 12.6. The lowest BCUT2D eigenvalue weighted by molar-refractivity contribution is -0.144. The summed E-state index contributed by atoms with van der Waals surface area (Å²) in [6.45, 7) is 5.06. The number of Topliss-reactive ketones (excluding diaryl/α,β-unsaturated/α-hetero) is 1. The van der Waals surface area contributed by atoms with Crippen molar-refractivity contribution in [1.29, 1.82) is 0 Å². The van der Waals surface area contributed by atoms with Crippen molar-refractivity contribution in [2.24, 2.45) is 0 Å². The average molecular weight is 359 g/mol. The molecule has 26 heavy (non-hydrogen) atoms. The number of esters is 1. The molecule has 2 heterocycles. The molecule has 1 aromatic carbocycles. The van der Waals surface area contributed by atoms with E-state index in [0.29, 0.717) is 43.7 Å². The molecule has 140 valence electrons. The predicted molar refractivity (Wildman–Crippen MR) is 95.3 cm³/mol. The van der Waals surface area contributed by atoms with E-state index in [-0.39, 0.29) is 30.5 Å². The Hall–Kier alpha value is -2.37. The van der Waals surface area contributed by atoms with Crippen molar-refractivity contribution in [3.63, 3.8) is 0 Å². The van der Waals surface area contributed by atoms with Crippen molar-refractivity contribution >= 4 is 17.7 Å². The van der Waals surface area contributed by atoms with E-state index in [9.17, 15) is 14.4 Å². The first-order valence-corrected chi connectivity index (χ1v) is 9.02. The van der Waals surface area contributed by atoms with Crippen LogP contribution in [0.5, 0.6) is 5.75 Å². The van der Waals surface area contributed by atoms with Gasteiger partial charge in [0.05, 0.1) is 25.5 Å². The lowest BCUT2D eigenvalue weighted by Gasteiger charge is -2.44. The summed E-state index contributed by atoms with van der Waals surface area (Å²) in [6.07, 6.45) is 1.84. The molecule has 0 atom stereocenters. The van der Waals surface area contributed by atoms with Crippen LogP contribution in [0.2, 0.25) is 0 Å². The molecule has 0 aliphatic carbocycles. The van der Waals surface area contributed by atoms with Gasteiger partial charge in [0.1, 0.15) is 11.4 Å². The summed E-state index contributed by atoms with van der Waals surface area (Å²) >= 11 is 0. The summed E-state index contributed by atoms with van der Waals surface area (Å²) in [5.74, 6) is 0.377. The largest absolute Gasteiger partial charge is 0.486 e. The summed E-state index contributed by atoms with van der Waals surface area (Å²) in [4.78, 5) is 37.9. The minimum Gasteiger partial charge on any atom is -0.486 e. The van der Waals surface area contributed by atoms with Gasteiger partial charge < -0.3 is 14.4 Å². The van der Waals surface area contributed by atoms with E-state index in [0.717, 1.165) is 11.1 Å². The van der Waals surface area contributed by atoms with Crippen LogP contribution in [0, 0.1) is 13.8 Å². The minimum absolute atomic E-state index is 0.0557. The van der Waals surface area contributed by atoms with Gasteiger partial charge in [0.25, 0.3) is 0 Å². The second-order valence-electron chi connectivity index (χ2n) is 7.23. The van der Waals surface area contributed by atoms with Gasteiger partial charge in [-0.3, -0.25) is 14.4 Å². The van der Waals surface area contributed by atoms with Gasteiger partial charge in [-0.1, -0.05) is 6.07 Å². The van der Waals surface area contributed by atoms with Crippen molar-refractivity contribution in [2.75, 3.05) is 20.2 Å². The summed E-state index contributed by atoms with van der Waals surface area (Å²) in [7, 11) is 1.32. The van der Waals surface area contributed by atoms with Crippen LogP contribution in [-0.4, -0.2) is 48.4 Å². The van der Waals surface area contributed by atoms with Crippen molar-refractivity contribution in [3.8, 4) is 5.75 Å². The molecule has 6 heteroatoms. The first kappa shape index (κ1) is 18.4. The number of benzene rings is 1. The SMILES string of the molecule is COC(=O)CCC(=O)N1CCC2(CC1)CC(=O)c1ccc(C)c(C)c1O2. The number of ether oxygens (including phenoxy) is 2. The average Bonchev–Trinajstić information content (AvgIpc) is 2.63. The van der Waals surface area contributed by atoms with E-state index in [1.807, 2.05) is 26.0 Å². The molecule has 0 bridgehead atoms. The van der Waals surface area contributed by atoms with E-state index < -0.39 is 5.60 Å². The third-order valence-corrected chi connectivity index (χ3v) is 5.58. The number of hydrogen-bond donors (Lipinski definition) is 0. The number of ketones is 1. The fourth-order valence-corrected chi connectivity index (χ4v) is 3.69. The van der Waals surface area contributed by atoms with Crippen LogP contribution >= 0.6 is 0 Å². The van der Waals surface area contributed by atoms with Crippen LogP contribution in [0.25, 0.3) is 0 Å². The van der Waals surface area contributed by atoms with Crippen LogP contribution in [0.15, 0.2) is 12.1 Å². The van der Waals surface area contributed by atoms with Gasteiger partial charge in [0.2, 0.25) is 5.91 Å². The number of amides is 1. The molecule has 0 unspecified atom stereocenters. The van der Waals surface area contributed by atoms with Gasteiger partial charge in [-0.2, -0.15) is 0 Å². The van der Waals surface area contributed by atoms with Gasteiger partial charge in [0.15, 0.2) is 5.78 Å². The third kappa shape index (κ3) is 3.45. The summed E-state index contributed by atoms with van der Waals surface area (Å²) in [5.41, 5.74) is 2.24. The zero-order valence-corrected chi connectivity index (χ0v) is 15.6. The second kappa shape index (κ2) is 7.09. The summed E-state index contributed by atoms with van der Waals surface area (Å²) in [6, 6.07) is 3.80. The Balaban J connectivity index is 1.67. The monoisotopic (exact) mass is 359 g/mol. The number of fused-ring (bicyclic) bond motifs is 1. The molecule has 6 nitrogen and oxygen atoms in total. The van der Waals surface area contributed by atoms with Gasteiger partial charge in [-0.05, 0) is 31.0 Å². The van der Waals surface area contributed by atoms with Crippen LogP contribution < -0.4 is 4.74 Å². The van der Waals surface area contributed by atoms with E-state index in [1.54, 1.807) is 4.90 Å². The fraction of sp³-hybridized carbons (Fsp3) is 0.550. The van der Waals surface area contributed by atoms with Crippen LogP contribution in [0.4, 0.5) is 0 Å². The molecule has 0 aromatic heterocycles. The molecule has 1 fully saturated rings. The molecule has 2 aliphatic heterocycles. The normalized spacial score (nSPS) is 18.3. The zero-order chi connectivity index (χ0) is 18.9. The summed E-state index contributed by atoms with van der Waals surface area (Å²) in [5, 5.41) is 0. The molecule has 1 amide bonds. The maximum absolute atomic E-state index is 12.6. The number of likely N-dealkylation sites (tertiary alicyclic amines) is 1. The molecule has 0 radical (unpaired) electrons. The van der Waals surface area contributed by atoms with Crippen molar-refractivity contribution in [3.05, 3.63) is 28.8 Å². The molecule has 1 saturated heterocycles. The first-order chi connectivity index (χ1) is 12.3. The topological polar surface area (TPSA) is 72.9 Å². The number of carbonyl (C=O) groups is 3. The number of methoxy groups -OCH3 is 1. The molecule has 1 aromatic rings. The highest BCUT2D eigenvalue weighted by atomic mass is 16.5. The smallest absolute Gasteiger partial charge is 0.306 e. The van der Waals surface area contributed by atoms with E-state index in [1.165, 1.54) is 7.11 Å². The molecule has 1 spiro atoms. The number of piperidine rings is 1. The number of rotatable bonds is 3. The van der Waals surface area contributed by atoms with Crippen molar-refractivity contribution in [1.82, 2.24) is 4.90 Å². The molecular formula is C20H25NO5. The Labute approximate surface area is 153 Å². The Bertz CT molecular complexity index is 747. The Kier molecular flexibility index (Phi) is 5.03. The highest BCUT2D eigenvalue weighted by molar-refractivity contribution is 6.01. The van der Waals surface area contributed by atoms with Crippen LogP contribution in [0.1, 0.15) is 53.6 Å². The standard InChI is InChI=1S/C20H25NO5/c1-13-4-5-15-16(22)12-20(26-19(15)14(13)2)8-10-21(11-9-20)17(23)6-7-18(24)25-3/h4-5H,6-12H2,1-3H3. The molecular weight excluding hydrogens is 334 g/mol. The molecule has 3 rings (SSSR count). The van der Waals surface area contributed by atoms with Gasteiger partial charge in [-0.25, -0.2) is 0 Å². The second-order valence-corrected chi connectivity index (χ2v) is 7.23. The third-order valence-electron chi connectivity index (χ3n) is 5.58. The van der Waals surface area contributed by atoms with Gasteiger partial charge in [0, 0.05) is 32.4 Å². The predicted octanol–water partition coefficient (Wildman–Crippen LogP) is 2.58. The molecule has 0 N–H and O–H groups in total. The van der Waals surface area contributed by atoms with Crippen molar-refractivity contribution < 1.29 is 23.9 Å². The first-order valence-electron chi connectivity index (χ1n) is 9.02. The number of hydrogen-bond acceptors (Lipinski definition) is 5. The summed E-state index contributed by atoms with van der Waals surface area (Å²) < 4.78 is 10.9.